The highest BCUT2D eigenvalue weighted by atomic mass is 32.2. The lowest BCUT2D eigenvalue weighted by Crippen LogP contribution is -2.30. The lowest BCUT2D eigenvalue weighted by molar-refractivity contribution is -0.118. The van der Waals surface area contributed by atoms with Gasteiger partial charge in [-0.1, -0.05) is 11.3 Å². The fourth-order valence-electron chi connectivity index (χ4n) is 3.13. The second-order valence-electron chi connectivity index (χ2n) is 7.04. The highest BCUT2D eigenvalue weighted by Gasteiger charge is 2.23. The number of amides is 1. The molecule has 166 valence electrons. The van der Waals surface area contributed by atoms with Gasteiger partial charge in [-0.25, -0.2) is 22.2 Å². The van der Waals surface area contributed by atoms with Crippen LogP contribution in [-0.2, 0) is 21.2 Å². The van der Waals surface area contributed by atoms with Crippen molar-refractivity contribution in [2.24, 2.45) is 0 Å². The van der Waals surface area contributed by atoms with E-state index in [9.17, 15) is 22.0 Å². The van der Waals surface area contributed by atoms with Crippen molar-refractivity contribution in [2.75, 3.05) is 10.7 Å². The van der Waals surface area contributed by atoms with E-state index in [-0.39, 0.29) is 35.9 Å². The molecule has 0 atom stereocenters. The molecule has 0 fully saturated rings. The van der Waals surface area contributed by atoms with Gasteiger partial charge in [0.1, 0.15) is 17.4 Å². The maximum Gasteiger partial charge on any atom is 0.229 e. The zero-order valence-electron chi connectivity index (χ0n) is 16.7. The summed E-state index contributed by atoms with van der Waals surface area (Å²) < 4.78 is 57.5. The van der Waals surface area contributed by atoms with E-state index in [4.69, 9.17) is 4.42 Å². The number of benzene rings is 2. The second-order valence-corrected chi connectivity index (χ2v) is 10.2. The van der Waals surface area contributed by atoms with Crippen molar-refractivity contribution < 1.29 is 26.4 Å². The third-order valence-electron chi connectivity index (χ3n) is 4.74. The summed E-state index contributed by atoms with van der Waals surface area (Å²) in [6.45, 7) is 0.110. The maximum atomic E-state index is 13.6. The van der Waals surface area contributed by atoms with Crippen LogP contribution in [0.4, 0.5) is 13.9 Å². The molecular formula is C22H18F2N2O4S2. The van der Waals surface area contributed by atoms with Gasteiger partial charge in [0, 0.05) is 6.42 Å². The van der Waals surface area contributed by atoms with Crippen LogP contribution in [0, 0.1) is 11.6 Å². The van der Waals surface area contributed by atoms with Gasteiger partial charge in [0.15, 0.2) is 15.0 Å². The van der Waals surface area contributed by atoms with Gasteiger partial charge in [-0.05, 0) is 61.0 Å². The van der Waals surface area contributed by atoms with E-state index in [1.807, 2.05) is 0 Å². The standard InChI is InChI=1S/C22H18F2N2O4S2/c23-15-5-8-18(9-6-15)32(28,29)12-2-4-21(27)26(14-17-3-1-11-30-17)22-25-19-10-7-16(24)13-20(19)31-22/h1,3,5-11,13H,2,4,12,14H2. The molecule has 2 aromatic heterocycles. The first-order valence-electron chi connectivity index (χ1n) is 9.69. The largest absolute Gasteiger partial charge is 0.467 e. The monoisotopic (exact) mass is 476 g/mol. The average Bonchev–Trinajstić information content (AvgIpc) is 3.41. The number of halogens is 2. The maximum absolute atomic E-state index is 13.6. The lowest BCUT2D eigenvalue weighted by Gasteiger charge is -2.18. The summed E-state index contributed by atoms with van der Waals surface area (Å²) in [4.78, 5) is 18.9. The van der Waals surface area contributed by atoms with E-state index in [1.54, 1.807) is 12.1 Å². The molecule has 0 saturated carbocycles. The van der Waals surface area contributed by atoms with Gasteiger partial charge in [0.25, 0.3) is 0 Å². The number of nitrogens with zero attached hydrogens (tertiary/aromatic N) is 2. The van der Waals surface area contributed by atoms with Crippen LogP contribution >= 0.6 is 11.3 Å². The predicted molar refractivity (Wildman–Crippen MR) is 117 cm³/mol. The molecule has 4 aromatic rings. The van der Waals surface area contributed by atoms with E-state index < -0.39 is 21.5 Å². The van der Waals surface area contributed by atoms with Gasteiger partial charge in [-0.2, -0.15) is 0 Å². The molecule has 0 aliphatic heterocycles. The SMILES string of the molecule is O=C(CCCS(=O)(=O)c1ccc(F)cc1)N(Cc1ccco1)c1nc2ccc(F)cc2s1. The summed E-state index contributed by atoms with van der Waals surface area (Å²) in [6, 6.07) is 12.2. The van der Waals surface area contributed by atoms with Crippen LogP contribution in [0.2, 0.25) is 0 Å². The molecule has 32 heavy (non-hydrogen) atoms. The molecule has 2 heterocycles. The number of anilines is 1. The van der Waals surface area contributed by atoms with Crippen molar-refractivity contribution in [3.63, 3.8) is 0 Å². The first kappa shape index (κ1) is 22.1. The molecule has 0 bridgehead atoms. The first-order valence-corrected chi connectivity index (χ1v) is 12.2. The number of aromatic nitrogens is 1. The minimum atomic E-state index is -3.65. The molecule has 1 amide bonds. The lowest BCUT2D eigenvalue weighted by atomic mass is 10.3. The molecule has 6 nitrogen and oxygen atoms in total. The Kier molecular flexibility index (Phi) is 6.33. The van der Waals surface area contributed by atoms with Crippen molar-refractivity contribution in [3.8, 4) is 0 Å². The smallest absolute Gasteiger partial charge is 0.229 e. The van der Waals surface area contributed by atoms with E-state index in [2.05, 4.69) is 4.98 Å². The third-order valence-corrected chi connectivity index (χ3v) is 7.60. The zero-order chi connectivity index (χ0) is 22.7. The van der Waals surface area contributed by atoms with E-state index in [0.29, 0.717) is 21.1 Å². The number of carbonyl (C=O) groups excluding carboxylic acids is 1. The molecule has 10 heteroatoms. The quantitative estimate of drug-likeness (QED) is 0.336. The first-order chi connectivity index (χ1) is 15.3. The highest BCUT2D eigenvalue weighted by Crippen LogP contribution is 2.31. The van der Waals surface area contributed by atoms with Crippen molar-refractivity contribution in [1.29, 1.82) is 0 Å². The van der Waals surface area contributed by atoms with Gasteiger partial charge in [0.05, 0.1) is 33.7 Å². The summed E-state index contributed by atoms with van der Waals surface area (Å²) in [5, 5.41) is 0.369. The van der Waals surface area contributed by atoms with E-state index in [0.717, 1.165) is 12.1 Å². The van der Waals surface area contributed by atoms with Crippen LogP contribution in [0.5, 0.6) is 0 Å². The number of carbonyl (C=O) groups is 1. The second kappa shape index (κ2) is 9.17. The summed E-state index contributed by atoms with van der Waals surface area (Å²) >= 11 is 1.17. The number of sulfone groups is 1. The number of fused-ring (bicyclic) bond motifs is 1. The number of rotatable bonds is 8. The normalized spacial score (nSPS) is 11.7. The molecule has 0 N–H and O–H groups in total. The molecule has 0 aliphatic rings. The minimum Gasteiger partial charge on any atom is -0.467 e. The highest BCUT2D eigenvalue weighted by molar-refractivity contribution is 7.91. The van der Waals surface area contributed by atoms with Crippen LogP contribution in [0.15, 0.2) is 70.2 Å². The molecule has 4 rings (SSSR count). The van der Waals surface area contributed by atoms with Crippen LogP contribution in [-0.4, -0.2) is 25.1 Å². The van der Waals surface area contributed by atoms with Gasteiger partial charge in [-0.15, -0.1) is 0 Å². The topological polar surface area (TPSA) is 80.5 Å². The Hall–Kier alpha value is -3.11. The fourth-order valence-corrected chi connectivity index (χ4v) is 5.45. The van der Waals surface area contributed by atoms with Crippen molar-refractivity contribution in [3.05, 3.63) is 78.3 Å². The fraction of sp³-hybridized carbons (Fsp3) is 0.182. The summed E-state index contributed by atoms with van der Waals surface area (Å²) in [5.74, 6) is -0.992. The molecule has 0 radical (unpaired) electrons. The van der Waals surface area contributed by atoms with Gasteiger partial charge in [-0.3, -0.25) is 9.69 Å². The molecule has 0 unspecified atom stereocenters. The van der Waals surface area contributed by atoms with Crippen LogP contribution in [0.1, 0.15) is 18.6 Å². The minimum absolute atomic E-state index is 0.00647. The zero-order valence-corrected chi connectivity index (χ0v) is 18.3. The summed E-state index contributed by atoms with van der Waals surface area (Å²) in [5.41, 5.74) is 0.558. The molecular weight excluding hydrogens is 458 g/mol. The number of furan rings is 1. The number of thiazole rings is 1. The Balaban J connectivity index is 1.50. The van der Waals surface area contributed by atoms with Crippen molar-refractivity contribution >= 4 is 42.4 Å². The van der Waals surface area contributed by atoms with Crippen molar-refractivity contribution in [1.82, 2.24) is 4.98 Å². The van der Waals surface area contributed by atoms with E-state index >= 15 is 0 Å². The van der Waals surface area contributed by atoms with Gasteiger partial charge in [0.2, 0.25) is 5.91 Å². The molecule has 0 saturated heterocycles. The average molecular weight is 477 g/mol. The number of hydrogen-bond donors (Lipinski definition) is 0. The Morgan fingerprint density at radius 3 is 2.53 bits per heavy atom. The summed E-state index contributed by atoms with van der Waals surface area (Å²) in [6.07, 6.45) is 1.51. The van der Waals surface area contributed by atoms with E-state index in [1.165, 1.54) is 52.8 Å². The molecule has 2 aromatic carbocycles. The molecule has 0 aliphatic carbocycles. The number of hydrogen-bond acceptors (Lipinski definition) is 6. The predicted octanol–water partition coefficient (Wildman–Crippen LogP) is 4.95. The van der Waals surface area contributed by atoms with Gasteiger partial charge >= 0.3 is 0 Å². The third kappa shape index (κ3) is 5.03. The Morgan fingerprint density at radius 2 is 1.81 bits per heavy atom. The summed E-state index contributed by atoms with van der Waals surface area (Å²) in [7, 11) is -3.65. The van der Waals surface area contributed by atoms with Crippen molar-refractivity contribution in [2.45, 2.75) is 24.3 Å². The Morgan fingerprint density at radius 1 is 1.06 bits per heavy atom. The van der Waals surface area contributed by atoms with Crippen LogP contribution in [0.25, 0.3) is 10.2 Å². The Labute approximate surface area is 187 Å². The van der Waals surface area contributed by atoms with Crippen LogP contribution in [0.3, 0.4) is 0 Å². The van der Waals surface area contributed by atoms with Gasteiger partial charge < -0.3 is 4.42 Å². The van der Waals surface area contributed by atoms with Crippen LogP contribution < -0.4 is 4.90 Å². The Bertz CT molecular complexity index is 1330. The molecule has 0 spiro atoms.